The fraction of sp³-hybridized carbons (Fsp3) is 0.600. The monoisotopic (exact) mass is 467 g/mol. The van der Waals surface area contributed by atoms with Crippen LogP contribution in [0.1, 0.15) is 52.5 Å². The van der Waals surface area contributed by atoms with Crippen LogP contribution in [0.2, 0.25) is 0 Å². The summed E-state index contributed by atoms with van der Waals surface area (Å²) in [5, 5.41) is 3.17. The van der Waals surface area contributed by atoms with E-state index in [4.69, 9.17) is 4.74 Å². The molecular weight excluding hydrogens is 430 g/mol. The predicted octanol–water partition coefficient (Wildman–Crippen LogP) is 3.45. The number of piperazine rings is 1. The Hall–Kier alpha value is -2.78. The molecule has 0 atom stereocenters. The first-order valence-corrected chi connectivity index (χ1v) is 12.4. The molecule has 2 aromatic rings. The summed E-state index contributed by atoms with van der Waals surface area (Å²) in [6.45, 7) is 15.0. The van der Waals surface area contributed by atoms with Gasteiger partial charge in [-0.15, -0.1) is 0 Å². The molecule has 0 saturated carbocycles. The maximum absolute atomic E-state index is 13.0. The fourth-order valence-electron chi connectivity index (χ4n) is 4.38. The Morgan fingerprint density at radius 2 is 1.79 bits per heavy atom. The normalized spacial score (nSPS) is 18.5. The number of pyridine rings is 1. The number of hydrogen-bond acceptors (Lipinski definition) is 8. The molecule has 0 radical (unpaired) electrons. The summed E-state index contributed by atoms with van der Waals surface area (Å²) in [5.41, 5.74) is 0.253. The van der Waals surface area contributed by atoms with E-state index >= 15 is 0 Å². The average molecular weight is 468 g/mol. The summed E-state index contributed by atoms with van der Waals surface area (Å²) in [5.74, 6) is 2.02. The van der Waals surface area contributed by atoms with Crippen LogP contribution >= 0.6 is 0 Å². The number of amides is 1. The fourth-order valence-corrected chi connectivity index (χ4v) is 4.38. The van der Waals surface area contributed by atoms with Crippen molar-refractivity contribution in [2.24, 2.45) is 0 Å². The lowest BCUT2D eigenvalue weighted by Crippen LogP contribution is -2.53. The van der Waals surface area contributed by atoms with Gasteiger partial charge in [0.1, 0.15) is 5.82 Å². The van der Waals surface area contributed by atoms with Crippen molar-refractivity contribution in [1.29, 1.82) is 0 Å². The molecule has 0 aliphatic carbocycles. The molecule has 0 spiro atoms. The highest BCUT2D eigenvalue weighted by Crippen LogP contribution is 2.36. The van der Waals surface area contributed by atoms with Gasteiger partial charge in [-0.3, -0.25) is 14.6 Å². The number of carbonyl (C=O) groups is 1. The van der Waals surface area contributed by atoms with Crippen molar-refractivity contribution in [2.45, 2.75) is 59.1 Å². The second kappa shape index (κ2) is 10.7. The van der Waals surface area contributed by atoms with Gasteiger partial charge < -0.3 is 15.0 Å². The van der Waals surface area contributed by atoms with Crippen LogP contribution in [0, 0.1) is 0 Å². The average Bonchev–Trinajstić information content (AvgIpc) is 2.83. The van der Waals surface area contributed by atoms with E-state index in [0.717, 1.165) is 58.5 Å². The number of likely N-dealkylation sites (N-methyl/N-ethyl adjacent to an activating group) is 1. The lowest BCUT2D eigenvalue weighted by atomic mass is 10.1. The number of carbonyl (C=O) groups excluding carboxylic acids is 1. The molecule has 1 amide bonds. The first-order chi connectivity index (χ1) is 16.4. The van der Waals surface area contributed by atoms with Crippen molar-refractivity contribution in [1.82, 2.24) is 24.8 Å². The molecule has 9 heteroatoms. The van der Waals surface area contributed by atoms with Gasteiger partial charge in [0.05, 0.1) is 6.20 Å². The number of nitrogens with one attached hydrogen (secondary N) is 1. The second-order valence-electron chi connectivity index (χ2n) is 9.54. The molecule has 1 N–H and O–H groups in total. The van der Waals surface area contributed by atoms with Crippen molar-refractivity contribution < 1.29 is 9.53 Å². The van der Waals surface area contributed by atoms with Crippen molar-refractivity contribution >= 4 is 23.5 Å². The van der Waals surface area contributed by atoms with Crippen molar-refractivity contribution in [3.8, 4) is 5.75 Å². The lowest BCUT2D eigenvalue weighted by molar-refractivity contribution is -0.132. The Labute approximate surface area is 202 Å². The number of aromatic nitrogens is 3. The molecule has 0 aromatic carbocycles. The van der Waals surface area contributed by atoms with Gasteiger partial charge in [0.2, 0.25) is 5.95 Å². The molecule has 1 saturated heterocycles. The van der Waals surface area contributed by atoms with Gasteiger partial charge >= 0.3 is 0 Å². The van der Waals surface area contributed by atoms with Crippen molar-refractivity contribution in [3.05, 3.63) is 30.1 Å². The van der Waals surface area contributed by atoms with E-state index in [1.807, 2.05) is 12.3 Å². The van der Waals surface area contributed by atoms with Gasteiger partial charge in [-0.25, -0.2) is 9.97 Å². The first kappa shape index (κ1) is 24.3. The van der Waals surface area contributed by atoms with Gasteiger partial charge in [0.15, 0.2) is 17.2 Å². The maximum atomic E-state index is 13.0. The molecular formula is C25H37N7O2. The minimum Gasteiger partial charge on any atom is -0.472 e. The van der Waals surface area contributed by atoms with Crippen molar-refractivity contribution in [2.75, 3.05) is 49.5 Å². The van der Waals surface area contributed by atoms with Crippen LogP contribution in [0.4, 0.5) is 17.6 Å². The molecule has 2 aromatic heterocycles. The third-order valence-corrected chi connectivity index (χ3v) is 6.49. The summed E-state index contributed by atoms with van der Waals surface area (Å²) < 4.78 is 5.91. The third-order valence-electron chi connectivity index (χ3n) is 6.49. The van der Waals surface area contributed by atoms with Crippen LogP contribution in [-0.4, -0.2) is 75.5 Å². The highest BCUT2D eigenvalue weighted by molar-refractivity contribution is 6.01. The summed E-state index contributed by atoms with van der Waals surface area (Å²) in [7, 11) is 0. The Kier molecular flexibility index (Phi) is 7.63. The number of hydrogen-bond donors (Lipinski definition) is 1. The smallest absolute Gasteiger partial charge is 0.271 e. The molecule has 1 fully saturated rings. The van der Waals surface area contributed by atoms with Crippen LogP contribution in [0.5, 0.6) is 5.75 Å². The van der Waals surface area contributed by atoms with Gasteiger partial charge in [-0.1, -0.05) is 32.8 Å². The molecule has 0 bridgehead atoms. The SMILES string of the molecule is CCCCCN1C(=O)C(C)(C)Oc2cnc(Nc3ccc(CN4CCN(CC)CC4)cn3)nc21. The lowest BCUT2D eigenvalue weighted by Gasteiger charge is -2.37. The van der Waals surface area contributed by atoms with Gasteiger partial charge in [0.25, 0.3) is 5.91 Å². The zero-order valence-electron chi connectivity index (χ0n) is 20.9. The maximum Gasteiger partial charge on any atom is 0.271 e. The first-order valence-electron chi connectivity index (χ1n) is 12.4. The van der Waals surface area contributed by atoms with Crippen LogP contribution < -0.4 is 15.0 Å². The van der Waals surface area contributed by atoms with E-state index in [2.05, 4.69) is 50.0 Å². The Morgan fingerprint density at radius 3 is 2.47 bits per heavy atom. The topological polar surface area (TPSA) is 86.7 Å². The predicted molar refractivity (Wildman–Crippen MR) is 134 cm³/mol. The molecule has 0 unspecified atom stereocenters. The van der Waals surface area contributed by atoms with Crippen LogP contribution in [0.3, 0.4) is 0 Å². The number of nitrogens with zero attached hydrogens (tertiary/aromatic N) is 6. The molecule has 34 heavy (non-hydrogen) atoms. The summed E-state index contributed by atoms with van der Waals surface area (Å²) in [6.07, 6.45) is 6.60. The van der Waals surface area contributed by atoms with E-state index in [1.54, 1.807) is 24.9 Å². The largest absolute Gasteiger partial charge is 0.472 e. The number of anilines is 3. The highest BCUT2D eigenvalue weighted by Gasteiger charge is 2.41. The van der Waals surface area contributed by atoms with Gasteiger partial charge in [-0.2, -0.15) is 4.98 Å². The van der Waals surface area contributed by atoms with E-state index in [1.165, 1.54) is 5.56 Å². The Bertz CT molecular complexity index is 972. The molecule has 184 valence electrons. The minimum absolute atomic E-state index is 0.0806. The number of unbranched alkanes of at least 4 members (excludes halogenated alkanes) is 2. The number of rotatable bonds is 9. The summed E-state index contributed by atoms with van der Waals surface area (Å²) in [6, 6.07) is 4.04. The molecule has 2 aliphatic rings. The molecule has 4 rings (SSSR count). The zero-order chi connectivity index (χ0) is 24.1. The van der Waals surface area contributed by atoms with Gasteiger partial charge in [-0.05, 0) is 38.4 Å². The van der Waals surface area contributed by atoms with E-state index in [9.17, 15) is 4.79 Å². The summed E-state index contributed by atoms with van der Waals surface area (Å²) in [4.78, 5) is 33.3. The Balaban J connectivity index is 1.43. The Morgan fingerprint density at radius 1 is 1.03 bits per heavy atom. The number of ether oxygens (including phenoxy) is 1. The number of fused-ring (bicyclic) bond motifs is 1. The molecule has 9 nitrogen and oxygen atoms in total. The third kappa shape index (κ3) is 5.64. The van der Waals surface area contributed by atoms with Crippen LogP contribution in [0.15, 0.2) is 24.5 Å². The quantitative estimate of drug-likeness (QED) is 0.561. The van der Waals surface area contributed by atoms with E-state index < -0.39 is 5.60 Å². The van der Waals surface area contributed by atoms with Crippen molar-refractivity contribution in [3.63, 3.8) is 0 Å². The highest BCUT2D eigenvalue weighted by atomic mass is 16.5. The van der Waals surface area contributed by atoms with Crippen LogP contribution in [-0.2, 0) is 11.3 Å². The molecule has 4 heterocycles. The standard InChI is InChI=1S/C25H37N7O2/c1-5-7-8-11-32-22-20(34-25(3,4)23(32)33)17-27-24(29-22)28-21-10-9-19(16-26-21)18-31-14-12-30(6-2)13-15-31/h9-10,16-17H,5-8,11-15,18H2,1-4H3,(H,26,27,28,29). The summed E-state index contributed by atoms with van der Waals surface area (Å²) >= 11 is 0. The van der Waals surface area contributed by atoms with E-state index in [-0.39, 0.29) is 5.91 Å². The van der Waals surface area contributed by atoms with Crippen LogP contribution in [0.25, 0.3) is 0 Å². The molecule has 2 aliphatic heterocycles. The zero-order valence-corrected chi connectivity index (χ0v) is 20.9. The van der Waals surface area contributed by atoms with Gasteiger partial charge in [0, 0.05) is 45.5 Å². The minimum atomic E-state index is -0.932. The second-order valence-corrected chi connectivity index (χ2v) is 9.54. The van der Waals surface area contributed by atoms with E-state index in [0.29, 0.717) is 29.9 Å².